The average molecular weight is 374 g/mol. The molecule has 0 aliphatic carbocycles. The van der Waals surface area contributed by atoms with E-state index < -0.39 is 0 Å². The summed E-state index contributed by atoms with van der Waals surface area (Å²) in [6.45, 7) is 2.50. The van der Waals surface area contributed by atoms with Gasteiger partial charge in [0.05, 0.1) is 17.4 Å². The third-order valence-corrected chi connectivity index (χ3v) is 4.14. The molecular weight excluding hydrogens is 358 g/mol. The van der Waals surface area contributed by atoms with Gasteiger partial charge in [0.15, 0.2) is 0 Å². The molecule has 0 spiro atoms. The molecule has 0 radical (unpaired) electrons. The first-order chi connectivity index (χ1) is 11.1. The lowest BCUT2D eigenvalue weighted by atomic mass is 10.1. The third kappa shape index (κ3) is 3.24. The van der Waals surface area contributed by atoms with Crippen LogP contribution in [0.25, 0.3) is 22.2 Å². The highest BCUT2D eigenvalue weighted by molar-refractivity contribution is 9.10. The number of anilines is 1. The van der Waals surface area contributed by atoms with E-state index >= 15 is 0 Å². The lowest BCUT2D eigenvalue weighted by molar-refractivity contribution is -0.118. The fourth-order valence-corrected chi connectivity index (χ4v) is 2.83. The van der Waals surface area contributed by atoms with E-state index in [1.165, 1.54) is 0 Å². The minimum Gasteiger partial charge on any atom is -0.368 e. The number of carbonyl (C=O) groups excluding carboxylic acids is 1. The number of Topliss-reactive ketones (excluding diaryl/α,β-unsaturated/α-hetero) is 1. The predicted molar refractivity (Wildman–Crippen MR) is 92.8 cm³/mol. The van der Waals surface area contributed by atoms with Crippen molar-refractivity contribution in [1.82, 2.24) is 19.5 Å². The molecule has 7 heteroatoms. The van der Waals surface area contributed by atoms with Crippen molar-refractivity contribution in [3.05, 3.63) is 35.3 Å². The van der Waals surface area contributed by atoms with Crippen LogP contribution in [0.3, 0.4) is 0 Å². The number of ketones is 1. The Bertz CT molecular complexity index is 874. The number of aromatic nitrogens is 4. The number of pyridine rings is 1. The summed E-state index contributed by atoms with van der Waals surface area (Å²) in [5.74, 6) is 0.474. The highest BCUT2D eigenvalue weighted by atomic mass is 79.9. The number of nitrogens with zero attached hydrogens (tertiary/aromatic N) is 4. The Kier molecular flexibility index (Phi) is 4.38. The SMILES string of the molecule is CCC(=O)CCn1cc(-c2ccnc(N)n2)c2cc(Br)ncc21. The van der Waals surface area contributed by atoms with Gasteiger partial charge in [0.1, 0.15) is 10.4 Å². The molecule has 0 amide bonds. The van der Waals surface area contributed by atoms with Crippen LogP contribution in [0, 0.1) is 0 Å². The molecule has 23 heavy (non-hydrogen) atoms. The summed E-state index contributed by atoms with van der Waals surface area (Å²) < 4.78 is 2.78. The summed E-state index contributed by atoms with van der Waals surface area (Å²) in [7, 11) is 0. The molecule has 0 aromatic carbocycles. The van der Waals surface area contributed by atoms with Crippen LogP contribution in [0.2, 0.25) is 0 Å². The van der Waals surface area contributed by atoms with Crippen molar-refractivity contribution in [3.8, 4) is 11.3 Å². The van der Waals surface area contributed by atoms with Crippen molar-refractivity contribution in [2.75, 3.05) is 5.73 Å². The second kappa shape index (κ2) is 6.45. The zero-order chi connectivity index (χ0) is 16.4. The van der Waals surface area contributed by atoms with Crippen molar-refractivity contribution in [1.29, 1.82) is 0 Å². The first-order valence-corrected chi connectivity index (χ1v) is 8.12. The van der Waals surface area contributed by atoms with Gasteiger partial charge in [-0.15, -0.1) is 0 Å². The summed E-state index contributed by atoms with van der Waals surface area (Å²) in [4.78, 5) is 24.1. The molecule has 118 valence electrons. The quantitative estimate of drug-likeness (QED) is 0.693. The number of aryl methyl sites for hydroxylation is 1. The molecule has 6 nitrogen and oxygen atoms in total. The number of halogens is 1. The molecule has 0 saturated carbocycles. The number of nitrogens with two attached hydrogens (primary N) is 1. The van der Waals surface area contributed by atoms with E-state index in [1.807, 2.05) is 29.8 Å². The number of hydrogen-bond acceptors (Lipinski definition) is 5. The molecule has 0 fully saturated rings. The van der Waals surface area contributed by atoms with Crippen LogP contribution in [0.15, 0.2) is 35.3 Å². The Hall–Kier alpha value is -2.28. The van der Waals surface area contributed by atoms with Gasteiger partial charge >= 0.3 is 0 Å². The largest absolute Gasteiger partial charge is 0.368 e. The van der Waals surface area contributed by atoms with E-state index in [4.69, 9.17) is 5.73 Å². The molecule has 0 unspecified atom stereocenters. The number of nitrogen functional groups attached to an aromatic ring is 1. The maximum atomic E-state index is 11.6. The minimum absolute atomic E-state index is 0.234. The molecule has 2 N–H and O–H groups in total. The Balaban J connectivity index is 2.10. The first kappa shape index (κ1) is 15.6. The van der Waals surface area contributed by atoms with Gasteiger partial charge in [-0.05, 0) is 28.1 Å². The number of carbonyl (C=O) groups is 1. The van der Waals surface area contributed by atoms with Gasteiger partial charge < -0.3 is 10.3 Å². The molecule has 0 saturated heterocycles. The maximum Gasteiger partial charge on any atom is 0.220 e. The van der Waals surface area contributed by atoms with Crippen LogP contribution in [0.5, 0.6) is 0 Å². The highest BCUT2D eigenvalue weighted by Gasteiger charge is 2.13. The van der Waals surface area contributed by atoms with Crippen LogP contribution >= 0.6 is 15.9 Å². The Morgan fingerprint density at radius 3 is 2.96 bits per heavy atom. The van der Waals surface area contributed by atoms with Crippen LogP contribution in [0.4, 0.5) is 5.95 Å². The fourth-order valence-electron chi connectivity index (χ4n) is 2.50. The van der Waals surface area contributed by atoms with Crippen LogP contribution < -0.4 is 5.73 Å². The van der Waals surface area contributed by atoms with E-state index in [9.17, 15) is 4.79 Å². The van der Waals surface area contributed by atoms with Gasteiger partial charge in [-0.1, -0.05) is 6.92 Å². The molecule has 0 atom stereocenters. The summed E-state index contributed by atoms with van der Waals surface area (Å²) >= 11 is 3.40. The lowest BCUT2D eigenvalue weighted by Gasteiger charge is -2.03. The zero-order valence-electron chi connectivity index (χ0n) is 12.7. The first-order valence-electron chi connectivity index (χ1n) is 7.33. The number of rotatable bonds is 5. The highest BCUT2D eigenvalue weighted by Crippen LogP contribution is 2.31. The fraction of sp³-hybridized carbons (Fsp3) is 0.250. The van der Waals surface area contributed by atoms with Crippen molar-refractivity contribution < 1.29 is 4.79 Å². The van der Waals surface area contributed by atoms with E-state index in [-0.39, 0.29) is 11.7 Å². The van der Waals surface area contributed by atoms with Gasteiger partial charge in [-0.3, -0.25) is 4.79 Å². The molecule has 3 aromatic rings. The Morgan fingerprint density at radius 2 is 2.22 bits per heavy atom. The summed E-state index contributed by atoms with van der Waals surface area (Å²) in [6, 6.07) is 3.77. The van der Waals surface area contributed by atoms with E-state index in [2.05, 4.69) is 30.9 Å². The van der Waals surface area contributed by atoms with Gasteiger partial charge in [0.25, 0.3) is 0 Å². The lowest BCUT2D eigenvalue weighted by Crippen LogP contribution is -2.03. The second-order valence-electron chi connectivity index (χ2n) is 5.20. The van der Waals surface area contributed by atoms with Gasteiger partial charge in [0, 0.05) is 42.7 Å². The van der Waals surface area contributed by atoms with E-state index in [1.54, 1.807) is 12.4 Å². The maximum absolute atomic E-state index is 11.6. The minimum atomic E-state index is 0.234. The average Bonchev–Trinajstić information content (AvgIpc) is 2.90. The number of fused-ring (bicyclic) bond motifs is 1. The molecule has 3 rings (SSSR count). The smallest absolute Gasteiger partial charge is 0.220 e. The molecule has 0 aliphatic rings. The molecule has 0 aliphatic heterocycles. The summed E-state index contributed by atoms with van der Waals surface area (Å²) in [5, 5.41) is 1.01. The van der Waals surface area contributed by atoms with Crippen molar-refractivity contribution in [2.45, 2.75) is 26.3 Å². The monoisotopic (exact) mass is 373 g/mol. The standard InChI is InChI=1S/C16H16BrN5O/c1-2-10(23)4-6-22-9-12(13-3-5-19-16(18)21-13)11-7-15(17)20-8-14(11)22/h3,5,7-9H,2,4,6H2,1H3,(H2,18,19,21). The predicted octanol–water partition coefficient (Wildman–Crippen LogP) is 3.21. The second-order valence-corrected chi connectivity index (χ2v) is 6.02. The van der Waals surface area contributed by atoms with Crippen molar-refractivity contribution in [2.24, 2.45) is 0 Å². The topological polar surface area (TPSA) is 86.7 Å². The van der Waals surface area contributed by atoms with Gasteiger partial charge in [0.2, 0.25) is 5.95 Å². The third-order valence-electron chi connectivity index (χ3n) is 3.71. The van der Waals surface area contributed by atoms with Gasteiger partial charge in [-0.2, -0.15) is 0 Å². The van der Waals surface area contributed by atoms with E-state index in [0.29, 0.717) is 19.4 Å². The zero-order valence-corrected chi connectivity index (χ0v) is 14.2. The number of hydrogen-bond donors (Lipinski definition) is 1. The van der Waals surface area contributed by atoms with Crippen molar-refractivity contribution in [3.63, 3.8) is 0 Å². The summed E-state index contributed by atoms with van der Waals surface area (Å²) in [6.07, 6.45) is 6.48. The van der Waals surface area contributed by atoms with Crippen LogP contribution in [0.1, 0.15) is 19.8 Å². The normalized spacial score (nSPS) is 11.0. The molecule has 3 heterocycles. The Morgan fingerprint density at radius 1 is 1.39 bits per heavy atom. The van der Waals surface area contributed by atoms with Crippen LogP contribution in [-0.4, -0.2) is 25.3 Å². The Labute approximate surface area is 141 Å². The van der Waals surface area contributed by atoms with Gasteiger partial charge in [-0.25, -0.2) is 15.0 Å². The molecular formula is C16H16BrN5O. The van der Waals surface area contributed by atoms with Crippen LogP contribution in [-0.2, 0) is 11.3 Å². The molecule has 0 bridgehead atoms. The summed E-state index contributed by atoms with van der Waals surface area (Å²) in [5.41, 5.74) is 8.36. The van der Waals surface area contributed by atoms with Crippen molar-refractivity contribution >= 4 is 38.6 Å². The van der Waals surface area contributed by atoms with E-state index in [0.717, 1.165) is 26.8 Å². The molecule has 3 aromatic heterocycles.